The van der Waals surface area contributed by atoms with Gasteiger partial charge in [-0.1, -0.05) is 62.3 Å². The largest absolute Gasteiger partial charge is 0.462 e. The van der Waals surface area contributed by atoms with Crippen LogP contribution in [0.3, 0.4) is 0 Å². The first kappa shape index (κ1) is 30.4. The summed E-state index contributed by atoms with van der Waals surface area (Å²) in [5.41, 5.74) is 9.74. The molecule has 6 nitrogen and oxygen atoms in total. The average Bonchev–Trinajstić information content (AvgIpc) is 2.81. The van der Waals surface area contributed by atoms with Crippen LogP contribution in [-0.4, -0.2) is 38.2 Å². The van der Waals surface area contributed by atoms with Gasteiger partial charge in [-0.2, -0.15) is 0 Å². The van der Waals surface area contributed by atoms with Gasteiger partial charge in [-0.15, -0.1) is 0 Å². The molecule has 0 heterocycles. The lowest BCUT2D eigenvalue weighted by Gasteiger charge is -2.24. The Hall–Kier alpha value is -2.60. The molecule has 1 rings (SSSR count). The maximum atomic E-state index is 13.2. The van der Waals surface area contributed by atoms with Gasteiger partial charge in [-0.05, 0) is 65.2 Å². The Kier molecular flexibility index (Phi) is 15.5. The van der Waals surface area contributed by atoms with Gasteiger partial charge >= 0.3 is 5.97 Å². The van der Waals surface area contributed by atoms with Crippen molar-refractivity contribution in [2.24, 2.45) is 0 Å². The molecule has 35 heavy (non-hydrogen) atoms. The maximum Gasteiger partial charge on any atom is 0.340 e. The molecule has 0 radical (unpaired) electrons. The van der Waals surface area contributed by atoms with Gasteiger partial charge in [-0.25, -0.2) is 4.79 Å². The minimum absolute atomic E-state index is 0.0450. The van der Waals surface area contributed by atoms with Gasteiger partial charge in [0.25, 0.3) is 5.91 Å². The van der Waals surface area contributed by atoms with Gasteiger partial charge in [0, 0.05) is 18.8 Å². The molecule has 1 aromatic rings. The van der Waals surface area contributed by atoms with Gasteiger partial charge < -0.3 is 20.1 Å². The zero-order valence-electron chi connectivity index (χ0n) is 22.5. The Labute approximate surface area is 212 Å². The van der Waals surface area contributed by atoms with Gasteiger partial charge in [0.2, 0.25) is 0 Å². The van der Waals surface area contributed by atoms with E-state index in [1.807, 2.05) is 6.08 Å². The van der Waals surface area contributed by atoms with Crippen molar-refractivity contribution in [2.45, 2.75) is 86.0 Å². The van der Waals surface area contributed by atoms with Gasteiger partial charge in [0.05, 0.1) is 17.9 Å². The topological polar surface area (TPSA) is 81.9 Å². The highest BCUT2D eigenvalue weighted by atomic mass is 16.5. The summed E-state index contributed by atoms with van der Waals surface area (Å²) in [5, 5.41) is 0. The molecule has 0 aromatic heterocycles. The fraction of sp³-hybridized carbons (Fsp3) is 0.586. The number of rotatable bonds is 17. The fourth-order valence-electron chi connectivity index (χ4n) is 3.65. The van der Waals surface area contributed by atoms with Crippen LogP contribution >= 0.6 is 0 Å². The lowest BCUT2D eigenvalue weighted by atomic mass is 10.1. The molecule has 0 spiro atoms. The molecule has 0 aliphatic rings. The van der Waals surface area contributed by atoms with Crippen molar-refractivity contribution in [1.82, 2.24) is 0 Å². The van der Waals surface area contributed by atoms with Crippen molar-refractivity contribution >= 4 is 23.3 Å². The van der Waals surface area contributed by atoms with Crippen molar-refractivity contribution in [1.29, 1.82) is 0 Å². The molecule has 0 fully saturated rings. The van der Waals surface area contributed by atoms with E-state index in [2.05, 4.69) is 33.8 Å². The molecule has 6 heteroatoms. The zero-order chi connectivity index (χ0) is 26.1. The SMILES string of the molecule is CCCCCCCCOCC(=O)N(CC=C(C)CCC=C(C)C)c1cc(N)ccc1C(=O)OCC. The van der Waals surface area contributed by atoms with Crippen LogP contribution < -0.4 is 10.6 Å². The minimum atomic E-state index is -0.474. The summed E-state index contributed by atoms with van der Waals surface area (Å²) < 4.78 is 10.9. The molecular formula is C29H46N2O4. The monoisotopic (exact) mass is 486 g/mol. The number of nitrogens with zero attached hydrogens (tertiary/aromatic N) is 1. The number of hydrogen-bond acceptors (Lipinski definition) is 5. The van der Waals surface area contributed by atoms with E-state index in [-0.39, 0.29) is 19.1 Å². The third-order valence-electron chi connectivity index (χ3n) is 5.69. The van der Waals surface area contributed by atoms with E-state index >= 15 is 0 Å². The van der Waals surface area contributed by atoms with Crippen LogP contribution in [0, 0.1) is 0 Å². The molecule has 1 aromatic carbocycles. The number of unbranched alkanes of at least 4 members (excludes halogenated alkanes) is 5. The van der Waals surface area contributed by atoms with Crippen molar-refractivity contribution in [3.8, 4) is 0 Å². The van der Waals surface area contributed by atoms with Crippen LogP contribution in [0.5, 0.6) is 0 Å². The second-order valence-electron chi connectivity index (χ2n) is 9.19. The molecule has 0 saturated carbocycles. The van der Waals surface area contributed by atoms with Crippen molar-refractivity contribution in [3.63, 3.8) is 0 Å². The molecule has 1 amide bonds. The van der Waals surface area contributed by atoms with E-state index in [1.165, 1.54) is 36.8 Å². The summed E-state index contributed by atoms with van der Waals surface area (Å²) in [5.74, 6) is -0.682. The number of amides is 1. The summed E-state index contributed by atoms with van der Waals surface area (Å²) in [4.78, 5) is 27.4. The van der Waals surface area contributed by atoms with Crippen LogP contribution in [0.1, 0.15) is 96.3 Å². The number of nitrogen functional groups attached to an aromatic ring is 1. The van der Waals surface area contributed by atoms with Crippen LogP contribution in [0.15, 0.2) is 41.5 Å². The Bertz CT molecular complexity index is 841. The summed E-state index contributed by atoms with van der Waals surface area (Å²) in [6.07, 6.45) is 13.1. The summed E-state index contributed by atoms with van der Waals surface area (Å²) >= 11 is 0. The first-order valence-corrected chi connectivity index (χ1v) is 13.0. The molecule has 0 atom stereocenters. The van der Waals surface area contributed by atoms with Crippen molar-refractivity contribution in [3.05, 3.63) is 47.1 Å². The summed E-state index contributed by atoms with van der Waals surface area (Å²) in [6, 6.07) is 4.92. The van der Waals surface area contributed by atoms with Gasteiger partial charge in [0.1, 0.15) is 6.61 Å². The fourth-order valence-corrected chi connectivity index (χ4v) is 3.65. The molecule has 196 valence electrons. The van der Waals surface area contributed by atoms with E-state index in [9.17, 15) is 9.59 Å². The Morgan fingerprint density at radius 3 is 2.40 bits per heavy atom. The molecule has 2 N–H and O–H groups in total. The normalized spacial score (nSPS) is 11.3. The molecule has 0 aliphatic heterocycles. The van der Waals surface area contributed by atoms with Crippen molar-refractivity contribution in [2.75, 3.05) is 37.0 Å². The minimum Gasteiger partial charge on any atom is -0.462 e. The lowest BCUT2D eigenvalue weighted by molar-refractivity contribution is -0.123. The van der Waals surface area contributed by atoms with Gasteiger partial charge in [0.15, 0.2) is 0 Å². The van der Waals surface area contributed by atoms with E-state index in [0.29, 0.717) is 30.1 Å². The van der Waals surface area contributed by atoms with Gasteiger partial charge in [-0.3, -0.25) is 4.79 Å². The third kappa shape index (κ3) is 12.6. The molecular weight excluding hydrogens is 440 g/mol. The lowest BCUT2D eigenvalue weighted by Crippen LogP contribution is -2.36. The molecule has 0 unspecified atom stereocenters. The van der Waals surface area contributed by atoms with Crippen LogP contribution in [-0.2, 0) is 14.3 Å². The highest BCUT2D eigenvalue weighted by molar-refractivity contribution is 6.03. The number of benzene rings is 1. The number of nitrogens with two attached hydrogens (primary N) is 1. The third-order valence-corrected chi connectivity index (χ3v) is 5.69. The standard InChI is InChI=1S/C29H46N2O4/c1-6-8-9-10-11-12-20-34-22-28(32)31(19-18-24(5)15-13-14-23(3)4)27-21-25(30)16-17-26(27)29(33)35-7-2/h14,16-18,21H,6-13,15,19-20,22,30H2,1-5H3. The Morgan fingerprint density at radius 1 is 1.00 bits per heavy atom. The average molecular weight is 487 g/mol. The van der Waals surface area contributed by atoms with Crippen LogP contribution in [0.4, 0.5) is 11.4 Å². The molecule has 0 aliphatic carbocycles. The highest BCUT2D eigenvalue weighted by Gasteiger charge is 2.22. The predicted octanol–water partition coefficient (Wildman–Crippen LogP) is 6.85. The van der Waals surface area contributed by atoms with E-state index in [0.717, 1.165) is 25.7 Å². The second-order valence-corrected chi connectivity index (χ2v) is 9.19. The molecule has 0 saturated heterocycles. The first-order chi connectivity index (χ1) is 16.8. The predicted molar refractivity (Wildman–Crippen MR) is 146 cm³/mol. The number of anilines is 2. The van der Waals surface area contributed by atoms with E-state index in [1.54, 1.807) is 30.0 Å². The first-order valence-electron chi connectivity index (χ1n) is 13.0. The second kappa shape index (κ2) is 17.8. The number of carbonyl (C=O) groups is 2. The summed E-state index contributed by atoms with van der Waals surface area (Å²) in [7, 11) is 0. The van der Waals surface area contributed by atoms with E-state index in [4.69, 9.17) is 15.2 Å². The Morgan fingerprint density at radius 2 is 1.71 bits per heavy atom. The maximum absolute atomic E-state index is 13.2. The van der Waals surface area contributed by atoms with E-state index < -0.39 is 5.97 Å². The quantitative estimate of drug-likeness (QED) is 0.113. The number of hydrogen-bond donors (Lipinski definition) is 1. The number of carbonyl (C=O) groups excluding carboxylic acids is 2. The Balaban J connectivity index is 2.96. The van der Waals surface area contributed by atoms with Crippen LogP contribution in [0.2, 0.25) is 0 Å². The molecule has 0 bridgehead atoms. The van der Waals surface area contributed by atoms with Crippen molar-refractivity contribution < 1.29 is 19.1 Å². The number of esters is 1. The van der Waals surface area contributed by atoms with Crippen LogP contribution in [0.25, 0.3) is 0 Å². The number of ether oxygens (including phenoxy) is 2. The highest BCUT2D eigenvalue weighted by Crippen LogP contribution is 2.25. The summed E-state index contributed by atoms with van der Waals surface area (Å²) in [6.45, 7) is 11.3. The zero-order valence-corrected chi connectivity index (χ0v) is 22.5. The number of allylic oxidation sites excluding steroid dienone is 3. The smallest absolute Gasteiger partial charge is 0.340 e.